The number of fused-ring (bicyclic) bond motifs is 1. The van der Waals surface area contributed by atoms with E-state index in [1.165, 1.54) is 0 Å². The predicted octanol–water partition coefficient (Wildman–Crippen LogP) is 4.58. The maximum atomic E-state index is 13.0. The number of amides is 1. The summed E-state index contributed by atoms with van der Waals surface area (Å²) in [4.78, 5) is 23.1. The molecule has 1 saturated heterocycles. The first-order chi connectivity index (χ1) is 16.4. The second-order valence-electron chi connectivity index (χ2n) is 8.66. The highest BCUT2D eigenvalue weighted by atomic mass is 35.5. The lowest BCUT2D eigenvalue weighted by molar-refractivity contribution is 0.0939. The van der Waals surface area contributed by atoms with Crippen LogP contribution in [0.2, 0.25) is 5.02 Å². The van der Waals surface area contributed by atoms with Crippen molar-refractivity contribution >= 4 is 34.2 Å². The van der Waals surface area contributed by atoms with E-state index in [4.69, 9.17) is 22.1 Å². The Morgan fingerprint density at radius 3 is 2.82 bits per heavy atom. The summed E-state index contributed by atoms with van der Waals surface area (Å²) >= 11 is 6.46. The van der Waals surface area contributed by atoms with Gasteiger partial charge >= 0.3 is 0 Å². The summed E-state index contributed by atoms with van der Waals surface area (Å²) < 4.78 is 5.55. The van der Waals surface area contributed by atoms with Crippen molar-refractivity contribution in [2.45, 2.75) is 12.5 Å². The van der Waals surface area contributed by atoms with Gasteiger partial charge in [-0.1, -0.05) is 29.8 Å². The molecule has 1 unspecified atom stereocenters. The summed E-state index contributed by atoms with van der Waals surface area (Å²) in [5.74, 6) is 0.563. The number of nitrogens with two attached hydrogens (primary N) is 1. The van der Waals surface area contributed by atoms with Crippen molar-refractivity contribution in [3.8, 4) is 28.0 Å². The van der Waals surface area contributed by atoms with E-state index >= 15 is 0 Å². The quantitative estimate of drug-likeness (QED) is 0.367. The molecule has 0 spiro atoms. The van der Waals surface area contributed by atoms with Gasteiger partial charge in [-0.05, 0) is 49.8 Å². The molecule has 1 atom stereocenters. The lowest BCUT2D eigenvalue weighted by Gasteiger charge is -2.15. The number of methoxy groups -OCH3 is 1. The highest BCUT2D eigenvalue weighted by Gasteiger charge is 2.23. The van der Waals surface area contributed by atoms with E-state index in [1.54, 1.807) is 25.4 Å². The van der Waals surface area contributed by atoms with E-state index in [0.29, 0.717) is 10.6 Å². The van der Waals surface area contributed by atoms with Gasteiger partial charge in [0.25, 0.3) is 5.91 Å². The lowest BCUT2D eigenvalue weighted by Crippen LogP contribution is -2.36. The average molecular weight is 476 g/mol. The summed E-state index contributed by atoms with van der Waals surface area (Å²) in [5.41, 5.74) is 11.2. The van der Waals surface area contributed by atoms with Crippen LogP contribution >= 0.6 is 11.6 Å². The van der Waals surface area contributed by atoms with Gasteiger partial charge in [-0.3, -0.25) is 4.79 Å². The molecule has 2 aromatic carbocycles. The highest BCUT2D eigenvalue weighted by molar-refractivity contribution is 6.34. The van der Waals surface area contributed by atoms with Crippen LogP contribution in [0.25, 0.3) is 33.3 Å². The van der Waals surface area contributed by atoms with Gasteiger partial charge in [-0.15, -0.1) is 0 Å². The molecule has 4 aromatic rings. The number of rotatable bonds is 5. The maximum Gasteiger partial charge on any atom is 0.253 e. The van der Waals surface area contributed by atoms with Crippen molar-refractivity contribution in [1.29, 1.82) is 0 Å². The molecular formula is C26H26ClN5O2. The number of halogens is 1. The monoisotopic (exact) mass is 475 g/mol. The number of nitrogen functional groups attached to an aromatic ring is 1. The first kappa shape index (κ1) is 22.3. The number of likely N-dealkylation sites (N-methyl/N-ethyl adjacent to an activating group) is 1. The minimum Gasteiger partial charge on any atom is -0.496 e. The number of nitrogens with one attached hydrogen (secondary N) is 2. The molecule has 174 valence electrons. The van der Waals surface area contributed by atoms with Crippen molar-refractivity contribution < 1.29 is 9.53 Å². The normalized spacial score (nSPS) is 16.1. The average Bonchev–Trinajstić information content (AvgIpc) is 3.45. The zero-order valence-corrected chi connectivity index (χ0v) is 19.8. The van der Waals surface area contributed by atoms with Gasteiger partial charge in [0, 0.05) is 47.1 Å². The number of carbonyl (C=O) groups excluding carboxylic acids is 1. The van der Waals surface area contributed by atoms with Crippen LogP contribution in [0.3, 0.4) is 0 Å². The van der Waals surface area contributed by atoms with Crippen molar-refractivity contribution in [3.63, 3.8) is 0 Å². The molecule has 0 saturated carbocycles. The van der Waals surface area contributed by atoms with Gasteiger partial charge < -0.3 is 25.7 Å². The second kappa shape index (κ2) is 9.00. The van der Waals surface area contributed by atoms with Crippen LogP contribution in [0.4, 0.5) is 5.69 Å². The zero-order chi connectivity index (χ0) is 23.8. The van der Waals surface area contributed by atoms with Crippen LogP contribution in [0.5, 0.6) is 5.75 Å². The summed E-state index contributed by atoms with van der Waals surface area (Å²) in [6, 6.07) is 13.5. The molecule has 3 heterocycles. The third-order valence-electron chi connectivity index (χ3n) is 6.36. The maximum absolute atomic E-state index is 13.0. The zero-order valence-electron chi connectivity index (χ0n) is 19.1. The predicted molar refractivity (Wildman–Crippen MR) is 136 cm³/mol. The molecule has 1 aliphatic rings. The molecule has 1 aliphatic heterocycles. The highest BCUT2D eigenvalue weighted by Crippen LogP contribution is 2.37. The van der Waals surface area contributed by atoms with E-state index in [0.717, 1.165) is 58.5 Å². The number of aromatic amines is 1. The van der Waals surface area contributed by atoms with Crippen molar-refractivity contribution in [2.75, 3.05) is 33.0 Å². The van der Waals surface area contributed by atoms with E-state index < -0.39 is 0 Å². The Hall–Kier alpha value is -3.55. The van der Waals surface area contributed by atoms with Crippen LogP contribution in [-0.4, -0.2) is 54.1 Å². The van der Waals surface area contributed by atoms with Crippen LogP contribution < -0.4 is 15.8 Å². The SMILES string of the molecule is COc1ccccc1-c1c[nH]c2ncc(-c3cc(Cl)c(N)c(C(=O)NC4CCN(C)C4)c3)cc12. The second-order valence-corrected chi connectivity index (χ2v) is 9.07. The molecule has 0 radical (unpaired) electrons. The fourth-order valence-electron chi connectivity index (χ4n) is 4.54. The summed E-state index contributed by atoms with van der Waals surface area (Å²) in [6.45, 7) is 1.77. The molecule has 7 nitrogen and oxygen atoms in total. The van der Waals surface area contributed by atoms with Crippen molar-refractivity contribution in [3.05, 3.63) is 65.4 Å². The topological polar surface area (TPSA) is 96.3 Å². The fourth-order valence-corrected chi connectivity index (χ4v) is 4.76. The standard InChI is InChI=1S/C26H26ClN5O2/c1-32-8-7-17(14-32)31-26(33)20-9-15(11-22(27)24(20)28)16-10-19-21(13-30-25(19)29-12-16)18-5-3-4-6-23(18)34-2/h3-6,9-13,17H,7-8,14,28H2,1-2H3,(H,29,30)(H,31,33). The van der Waals surface area contributed by atoms with Crippen LogP contribution in [0.1, 0.15) is 16.8 Å². The van der Waals surface area contributed by atoms with Gasteiger partial charge in [-0.25, -0.2) is 4.98 Å². The number of nitrogens with zero attached hydrogens (tertiary/aromatic N) is 2. The van der Waals surface area contributed by atoms with Gasteiger partial charge in [0.2, 0.25) is 0 Å². The molecule has 8 heteroatoms. The number of aromatic nitrogens is 2. The van der Waals surface area contributed by atoms with E-state index in [1.807, 2.05) is 43.6 Å². The third kappa shape index (κ3) is 4.08. The number of ether oxygens (including phenoxy) is 1. The van der Waals surface area contributed by atoms with Crippen LogP contribution in [-0.2, 0) is 0 Å². The molecule has 2 aromatic heterocycles. The van der Waals surface area contributed by atoms with Gasteiger partial charge in [-0.2, -0.15) is 0 Å². The van der Waals surface area contributed by atoms with E-state index in [-0.39, 0.29) is 17.6 Å². The van der Waals surface area contributed by atoms with Gasteiger partial charge in [0.05, 0.1) is 23.4 Å². The number of hydrogen-bond donors (Lipinski definition) is 3. The molecule has 0 bridgehead atoms. The molecule has 1 amide bonds. The number of anilines is 1. The molecular weight excluding hydrogens is 450 g/mol. The molecule has 34 heavy (non-hydrogen) atoms. The van der Waals surface area contributed by atoms with Gasteiger partial charge in [0.15, 0.2) is 0 Å². The largest absolute Gasteiger partial charge is 0.496 e. The minimum absolute atomic E-state index is 0.0978. The molecule has 1 fully saturated rings. The summed E-state index contributed by atoms with van der Waals surface area (Å²) in [6.07, 6.45) is 4.60. The fraction of sp³-hybridized carbons (Fsp3) is 0.231. The number of carbonyl (C=O) groups is 1. The van der Waals surface area contributed by atoms with Crippen LogP contribution in [0.15, 0.2) is 54.9 Å². The molecule has 5 rings (SSSR count). The Morgan fingerprint density at radius 1 is 1.24 bits per heavy atom. The van der Waals surface area contributed by atoms with Gasteiger partial charge in [0.1, 0.15) is 11.4 Å². The van der Waals surface area contributed by atoms with Crippen molar-refractivity contribution in [1.82, 2.24) is 20.2 Å². The minimum atomic E-state index is -0.216. The van der Waals surface area contributed by atoms with Crippen LogP contribution in [0, 0.1) is 0 Å². The Bertz CT molecular complexity index is 1380. The Kier molecular flexibility index (Phi) is 5.89. The van der Waals surface area contributed by atoms with E-state index in [9.17, 15) is 4.79 Å². The van der Waals surface area contributed by atoms with E-state index in [2.05, 4.69) is 20.2 Å². The Morgan fingerprint density at radius 2 is 2.06 bits per heavy atom. The number of para-hydroxylation sites is 1. The third-order valence-corrected chi connectivity index (χ3v) is 6.68. The number of likely N-dealkylation sites (tertiary alicyclic amines) is 1. The first-order valence-corrected chi connectivity index (χ1v) is 11.5. The summed E-state index contributed by atoms with van der Waals surface area (Å²) in [5, 5.41) is 4.37. The number of hydrogen-bond acceptors (Lipinski definition) is 5. The lowest BCUT2D eigenvalue weighted by atomic mass is 9.99. The first-order valence-electron chi connectivity index (χ1n) is 11.1. The smallest absolute Gasteiger partial charge is 0.253 e. The Balaban J connectivity index is 1.54. The number of pyridine rings is 1. The van der Waals surface area contributed by atoms with Crippen molar-refractivity contribution in [2.24, 2.45) is 0 Å². The summed E-state index contributed by atoms with van der Waals surface area (Å²) in [7, 11) is 3.70. The number of benzene rings is 2. The Labute approximate surface area is 202 Å². The molecule has 0 aliphatic carbocycles. The number of H-pyrrole nitrogens is 1. The molecule has 4 N–H and O–H groups in total.